The molecule has 2 rings (SSSR count). The molecule has 0 radical (unpaired) electrons. The molecule has 1 aromatic rings. The Labute approximate surface area is 110 Å². The van der Waals surface area contributed by atoms with Crippen LogP contribution in [0.4, 0.5) is 4.39 Å². The zero-order valence-corrected chi connectivity index (χ0v) is 11.7. The van der Waals surface area contributed by atoms with Gasteiger partial charge in [0.15, 0.2) is 0 Å². The van der Waals surface area contributed by atoms with Gasteiger partial charge in [-0.2, -0.15) is 0 Å². The fourth-order valence-electron chi connectivity index (χ4n) is 2.29. The van der Waals surface area contributed by atoms with Crippen LogP contribution in [0.5, 0.6) is 0 Å². The lowest BCUT2D eigenvalue weighted by Crippen LogP contribution is -2.24. The van der Waals surface area contributed by atoms with Crippen LogP contribution in [0.25, 0.3) is 0 Å². The molecule has 1 heterocycles. The second-order valence-electron chi connectivity index (χ2n) is 4.33. The first-order chi connectivity index (χ1) is 8.79. The van der Waals surface area contributed by atoms with Crippen LogP contribution < -0.4 is 0 Å². The molecule has 0 saturated carbocycles. The van der Waals surface area contributed by atoms with Crippen molar-refractivity contribution in [3.63, 3.8) is 0 Å². The van der Waals surface area contributed by atoms with Gasteiger partial charge in [0.05, 0.1) is 6.61 Å². The van der Waals surface area contributed by atoms with Crippen molar-refractivity contribution < 1.29 is 9.13 Å². The van der Waals surface area contributed by atoms with Crippen LogP contribution in [0.3, 0.4) is 0 Å². The third-order valence-electron chi connectivity index (χ3n) is 3.20. The molecule has 1 aromatic carbocycles. The summed E-state index contributed by atoms with van der Waals surface area (Å²) in [5.41, 5.74) is 1.12. The molecule has 0 spiro atoms. The highest BCUT2D eigenvalue weighted by atomic mass is 19.1. The van der Waals surface area contributed by atoms with Crippen molar-refractivity contribution in [2.75, 3.05) is 33.4 Å². The van der Waals surface area contributed by atoms with E-state index in [4.69, 9.17) is 4.74 Å². The predicted molar refractivity (Wildman–Crippen MR) is 73.4 cm³/mol. The Balaban J connectivity index is 0.000000771. The number of methoxy groups -OCH3 is 1. The lowest BCUT2D eigenvalue weighted by molar-refractivity contribution is 0.160. The molecule has 0 aromatic heterocycles. The predicted octanol–water partition coefficient (Wildman–Crippen LogP) is 3.29. The monoisotopic (exact) mass is 253 g/mol. The van der Waals surface area contributed by atoms with Gasteiger partial charge in [0.2, 0.25) is 0 Å². The van der Waals surface area contributed by atoms with Gasteiger partial charge < -0.3 is 9.64 Å². The third kappa shape index (κ3) is 4.39. The van der Waals surface area contributed by atoms with Gasteiger partial charge in [-0.3, -0.25) is 0 Å². The van der Waals surface area contributed by atoms with Crippen LogP contribution in [-0.2, 0) is 4.74 Å². The van der Waals surface area contributed by atoms with E-state index in [1.54, 1.807) is 19.2 Å². The molecule has 102 valence electrons. The van der Waals surface area contributed by atoms with Gasteiger partial charge in [0, 0.05) is 20.2 Å². The number of hydrogen-bond acceptors (Lipinski definition) is 2. The zero-order chi connectivity index (χ0) is 13.4. The van der Waals surface area contributed by atoms with Crippen molar-refractivity contribution in [1.82, 2.24) is 4.90 Å². The second kappa shape index (κ2) is 8.22. The fraction of sp³-hybridized carbons (Fsp3) is 0.600. The van der Waals surface area contributed by atoms with E-state index < -0.39 is 0 Å². The van der Waals surface area contributed by atoms with Crippen LogP contribution in [0, 0.1) is 5.82 Å². The minimum atomic E-state index is -0.132. The first kappa shape index (κ1) is 15.1. The lowest BCUT2D eigenvalue weighted by atomic mass is 9.98. The summed E-state index contributed by atoms with van der Waals surface area (Å²) in [6.07, 6.45) is 1.12. The van der Waals surface area contributed by atoms with Crippen LogP contribution in [-0.4, -0.2) is 38.3 Å². The summed E-state index contributed by atoms with van der Waals surface area (Å²) >= 11 is 0. The molecule has 3 heteroatoms. The lowest BCUT2D eigenvalue weighted by Gasteiger charge is -2.15. The maximum atomic E-state index is 13.1. The number of hydrogen-bond donors (Lipinski definition) is 0. The Morgan fingerprint density at radius 3 is 2.83 bits per heavy atom. The molecular weight excluding hydrogens is 229 g/mol. The molecule has 0 amide bonds. The molecule has 1 unspecified atom stereocenters. The highest BCUT2D eigenvalue weighted by molar-refractivity contribution is 5.22. The molecule has 0 bridgehead atoms. The van der Waals surface area contributed by atoms with Gasteiger partial charge in [-0.15, -0.1) is 0 Å². The van der Waals surface area contributed by atoms with Gasteiger partial charge in [-0.25, -0.2) is 4.39 Å². The number of benzene rings is 1. The van der Waals surface area contributed by atoms with E-state index in [-0.39, 0.29) is 5.82 Å². The molecule has 18 heavy (non-hydrogen) atoms. The van der Waals surface area contributed by atoms with Crippen LogP contribution >= 0.6 is 0 Å². The topological polar surface area (TPSA) is 12.5 Å². The Bertz CT molecular complexity index is 343. The normalized spacial score (nSPS) is 19.4. The smallest absolute Gasteiger partial charge is 0.123 e. The molecule has 1 atom stereocenters. The first-order valence-corrected chi connectivity index (χ1v) is 6.76. The number of ether oxygens (including phenoxy) is 1. The van der Waals surface area contributed by atoms with E-state index >= 15 is 0 Å². The number of halogens is 1. The molecule has 1 saturated heterocycles. The van der Waals surface area contributed by atoms with Crippen molar-refractivity contribution in [2.45, 2.75) is 26.2 Å². The highest BCUT2D eigenvalue weighted by Gasteiger charge is 2.23. The average molecular weight is 253 g/mol. The summed E-state index contributed by atoms with van der Waals surface area (Å²) in [6, 6.07) is 6.97. The highest BCUT2D eigenvalue weighted by Crippen LogP contribution is 2.27. The third-order valence-corrected chi connectivity index (χ3v) is 3.20. The summed E-state index contributed by atoms with van der Waals surface area (Å²) in [6.45, 7) is 7.86. The van der Waals surface area contributed by atoms with E-state index in [9.17, 15) is 4.39 Å². The van der Waals surface area contributed by atoms with Gasteiger partial charge in [0.25, 0.3) is 0 Å². The quantitative estimate of drug-likeness (QED) is 0.816. The Morgan fingerprint density at radius 1 is 1.39 bits per heavy atom. The minimum absolute atomic E-state index is 0.132. The van der Waals surface area contributed by atoms with Crippen LogP contribution in [0.15, 0.2) is 24.3 Å². The van der Waals surface area contributed by atoms with Gasteiger partial charge in [-0.1, -0.05) is 26.0 Å². The molecule has 2 nitrogen and oxygen atoms in total. The summed E-state index contributed by atoms with van der Waals surface area (Å²) in [7, 11) is 1.72. The second-order valence-corrected chi connectivity index (χ2v) is 4.33. The van der Waals surface area contributed by atoms with Crippen LogP contribution in [0.1, 0.15) is 31.7 Å². The van der Waals surface area contributed by atoms with Crippen molar-refractivity contribution >= 4 is 0 Å². The largest absolute Gasteiger partial charge is 0.383 e. The van der Waals surface area contributed by atoms with Crippen molar-refractivity contribution in [1.29, 1.82) is 0 Å². The Kier molecular flexibility index (Phi) is 6.91. The average Bonchev–Trinajstić information content (AvgIpc) is 2.87. The number of rotatable bonds is 4. The van der Waals surface area contributed by atoms with Crippen molar-refractivity contribution in [2.24, 2.45) is 0 Å². The van der Waals surface area contributed by atoms with E-state index in [1.165, 1.54) is 6.07 Å². The zero-order valence-electron chi connectivity index (χ0n) is 11.7. The van der Waals surface area contributed by atoms with Gasteiger partial charge >= 0.3 is 0 Å². The fourth-order valence-corrected chi connectivity index (χ4v) is 2.29. The van der Waals surface area contributed by atoms with E-state index in [1.807, 2.05) is 19.9 Å². The summed E-state index contributed by atoms with van der Waals surface area (Å²) in [5, 5.41) is 0. The van der Waals surface area contributed by atoms with E-state index in [2.05, 4.69) is 4.90 Å². The van der Waals surface area contributed by atoms with Gasteiger partial charge in [0.1, 0.15) is 5.82 Å². The molecular formula is C15H24FNO. The van der Waals surface area contributed by atoms with Gasteiger partial charge in [-0.05, 0) is 36.6 Å². The van der Waals surface area contributed by atoms with E-state index in [0.29, 0.717) is 5.92 Å². The first-order valence-electron chi connectivity index (χ1n) is 6.76. The maximum Gasteiger partial charge on any atom is 0.123 e. The Morgan fingerprint density at radius 2 is 2.17 bits per heavy atom. The Hall–Kier alpha value is -0.930. The number of likely N-dealkylation sites (tertiary alicyclic amines) is 1. The molecule has 1 aliphatic rings. The molecule has 0 aliphatic carbocycles. The molecule has 1 fully saturated rings. The van der Waals surface area contributed by atoms with Crippen molar-refractivity contribution in [3.8, 4) is 0 Å². The minimum Gasteiger partial charge on any atom is -0.383 e. The van der Waals surface area contributed by atoms with Crippen LogP contribution in [0.2, 0.25) is 0 Å². The number of nitrogens with zero attached hydrogens (tertiary/aromatic N) is 1. The SMILES string of the molecule is CC.COCCN1CCC(c2cccc(F)c2)C1. The summed E-state index contributed by atoms with van der Waals surface area (Å²) in [5.74, 6) is 0.348. The standard InChI is InChI=1S/C13H18FNO.C2H6/c1-16-8-7-15-6-5-12(10-15)11-3-2-4-13(14)9-11;1-2/h2-4,9,12H,5-8,10H2,1H3;1-2H3. The summed E-state index contributed by atoms with van der Waals surface area (Å²) in [4.78, 5) is 2.37. The van der Waals surface area contributed by atoms with Crippen molar-refractivity contribution in [3.05, 3.63) is 35.6 Å². The maximum absolute atomic E-state index is 13.1. The molecule has 0 N–H and O–H groups in total. The summed E-state index contributed by atoms with van der Waals surface area (Å²) < 4.78 is 18.1. The molecule has 1 aliphatic heterocycles. The van der Waals surface area contributed by atoms with E-state index in [0.717, 1.165) is 38.2 Å².